The molecule has 0 amide bonds. The van der Waals surface area contributed by atoms with Crippen molar-refractivity contribution in [3.63, 3.8) is 0 Å². The number of hydrogen-bond donors (Lipinski definition) is 0. The topological polar surface area (TPSA) is 60.8 Å². The van der Waals surface area contributed by atoms with Crippen molar-refractivity contribution in [2.24, 2.45) is 0 Å². The van der Waals surface area contributed by atoms with E-state index in [0.717, 1.165) is 16.8 Å². The Kier molecular flexibility index (Phi) is 4.38. The molecule has 0 bridgehead atoms. The van der Waals surface area contributed by atoms with Crippen LogP contribution in [0.2, 0.25) is 0 Å². The summed E-state index contributed by atoms with van der Waals surface area (Å²) in [4.78, 5) is 17.4. The highest BCUT2D eigenvalue weighted by atomic mass is 16.5. The Hall–Kier alpha value is -3.08. The summed E-state index contributed by atoms with van der Waals surface area (Å²) in [6.45, 7) is 6.30. The fraction of sp³-hybridized carbons (Fsp3) is 0.111. The smallest absolute Gasteiger partial charge is 0.171 e. The van der Waals surface area contributed by atoms with Crippen molar-refractivity contribution < 1.29 is 4.74 Å². The molecule has 3 aromatic heterocycles. The SMILES string of the molecule is C=Cc1nc(-c2ccncc2)nc(-c2ccncc2)c1OCC. The van der Waals surface area contributed by atoms with Crippen molar-refractivity contribution in [3.8, 4) is 28.4 Å². The van der Waals surface area contributed by atoms with Gasteiger partial charge in [-0.05, 0) is 37.3 Å². The van der Waals surface area contributed by atoms with E-state index in [1.165, 1.54) is 0 Å². The molecule has 0 saturated heterocycles. The lowest BCUT2D eigenvalue weighted by molar-refractivity contribution is 0.338. The van der Waals surface area contributed by atoms with E-state index < -0.39 is 0 Å². The lowest BCUT2D eigenvalue weighted by Crippen LogP contribution is -2.03. The van der Waals surface area contributed by atoms with Crippen LogP contribution in [-0.2, 0) is 0 Å². The van der Waals surface area contributed by atoms with Gasteiger partial charge < -0.3 is 4.74 Å². The summed E-state index contributed by atoms with van der Waals surface area (Å²) in [7, 11) is 0. The van der Waals surface area contributed by atoms with Crippen LogP contribution in [0.3, 0.4) is 0 Å². The first-order valence-corrected chi connectivity index (χ1v) is 7.31. The van der Waals surface area contributed by atoms with Gasteiger partial charge in [0.05, 0.1) is 6.61 Å². The molecule has 3 aromatic rings. The maximum Gasteiger partial charge on any atom is 0.171 e. The summed E-state index contributed by atoms with van der Waals surface area (Å²) < 4.78 is 5.78. The fourth-order valence-electron chi connectivity index (χ4n) is 2.23. The molecule has 114 valence electrons. The van der Waals surface area contributed by atoms with Crippen LogP contribution in [0.15, 0.2) is 55.6 Å². The van der Waals surface area contributed by atoms with E-state index in [-0.39, 0.29) is 0 Å². The first-order chi connectivity index (χ1) is 11.3. The third-order valence-electron chi connectivity index (χ3n) is 3.27. The molecular weight excluding hydrogens is 288 g/mol. The van der Waals surface area contributed by atoms with E-state index >= 15 is 0 Å². The van der Waals surface area contributed by atoms with Crippen LogP contribution < -0.4 is 4.74 Å². The van der Waals surface area contributed by atoms with Crippen LogP contribution in [0.5, 0.6) is 5.75 Å². The van der Waals surface area contributed by atoms with Gasteiger partial charge >= 0.3 is 0 Å². The number of nitrogens with zero attached hydrogens (tertiary/aromatic N) is 4. The molecular formula is C18H16N4O. The normalized spacial score (nSPS) is 10.3. The molecule has 5 heteroatoms. The molecule has 3 rings (SSSR count). The number of pyridine rings is 2. The molecule has 0 spiro atoms. The highest BCUT2D eigenvalue weighted by Crippen LogP contribution is 2.33. The molecule has 0 radical (unpaired) electrons. The highest BCUT2D eigenvalue weighted by Gasteiger charge is 2.16. The minimum Gasteiger partial charge on any atom is -0.489 e. The molecule has 0 aliphatic rings. The van der Waals surface area contributed by atoms with Gasteiger partial charge in [-0.15, -0.1) is 0 Å². The van der Waals surface area contributed by atoms with Gasteiger partial charge in [0, 0.05) is 35.9 Å². The van der Waals surface area contributed by atoms with Crippen molar-refractivity contribution in [3.05, 3.63) is 61.3 Å². The van der Waals surface area contributed by atoms with Crippen LogP contribution >= 0.6 is 0 Å². The average Bonchev–Trinajstić information content (AvgIpc) is 2.63. The van der Waals surface area contributed by atoms with E-state index in [0.29, 0.717) is 23.9 Å². The number of hydrogen-bond acceptors (Lipinski definition) is 5. The van der Waals surface area contributed by atoms with E-state index in [2.05, 4.69) is 21.5 Å². The zero-order chi connectivity index (χ0) is 16.1. The molecule has 0 aliphatic carbocycles. The van der Waals surface area contributed by atoms with E-state index in [4.69, 9.17) is 9.72 Å². The third-order valence-corrected chi connectivity index (χ3v) is 3.27. The summed E-state index contributed by atoms with van der Waals surface area (Å²) in [5.74, 6) is 1.24. The number of aromatic nitrogens is 4. The molecule has 5 nitrogen and oxygen atoms in total. The van der Waals surface area contributed by atoms with E-state index in [9.17, 15) is 0 Å². The monoisotopic (exact) mass is 304 g/mol. The Morgan fingerprint density at radius 2 is 1.57 bits per heavy atom. The van der Waals surface area contributed by atoms with Gasteiger partial charge in [0.25, 0.3) is 0 Å². The predicted octanol–water partition coefficient (Wildman–Crippen LogP) is 3.64. The molecule has 0 N–H and O–H groups in total. The van der Waals surface area contributed by atoms with Crippen molar-refractivity contribution in [2.75, 3.05) is 6.61 Å². The van der Waals surface area contributed by atoms with Crippen LogP contribution in [0.25, 0.3) is 28.7 Å². The fourth-order valence-corrected chi connectivity index (χ4v) is 2.23. The van der Waals surface area contributed by atoms with E-state index in [1.807, 2.05) is 31.2 Å². The lowest BCUT2D eigenvalue weighted by atomic mass is 10.1. The highest BCUT2D eigenvalue weighted by molar-refractivity contribution is 5.74. The molecule has 0 aliphatic heterocycles. The van der Waals surface area contributed by atoms with Crippen LogP contribution in [0.4, 0.5) is 0 Å². The van der Waals surface area contributed by atoms with Crippen LogP contribution in [-0.4, -0.2) is 26.5 Å². The molecule has 23 heavy (non-hydrogen) atoms. The van der Waals surface area contributed by atoms with Crippen molar-refractivity contribution in [1.29, 1.82) is 0 Å². The Morgan fingerprint density at radius 3 is 2.13 bits per heavy atom. The lowest BCUT2D eigenvalue weighted by Gasteiger charge is -2.14. The summed E-state index contributed by atoms with van der Waals surface area (Å²) in [6.07, 6.45) is 8.57. The zero-order valence-corrected chi connectivity index (χ0v) is 12.8. The minimum atomic E-state index is 0.525. The van der Waals surface area contributed by atoms with Crippen molar-refractivity contribution in [2.45, 2.75) is 6.92 Å². The largest absolute Gasteiger partial charge is 0.489 e. The van der Waals surface area contributed by atoms with E-state index in [1.54, 1.807) is 30.9 Å². The van der Waals surface area contributed by atoms with Crippen LogP contribution in [0.1, 0.15) is 12.6 Å². The molecule has 0 aromatic carbocycles. The van der Waals surface area contributed by atoms with Gasteiger partial charge in [0.1, 0.15) is 11.4 Å². The first-order valence-electron chi connectivity index (χ1n) is 7.31. The van der Waals surface area contributed by atoms with Crippen molar-refractivity contribution in [1.82, 2.24) is 19.9 Å². The minimum absolute atomic E-state index is 0.525. The van der Waals surface area contributed by atoms with Gasteiger partial charge in [0.2, 0.25) is 0 Å². The Balaban J connectivity index is 2.24. The second-order valence-electron chi connectivity index (χ2n) is 4.72. The molecule has 3 heterocycles. The Morgan fingerprint density at radius 1 is 0.957 bits per heavy atom. The van der Waals surface area contributed by atoms with Gasteiger partial charge in [-0.3, -0.25) is 9.97 Å². The zero-order valence-electron chi connectivity index (χ0n) is 12.8. The van der Waals surface area contributed by atoms with Gasteiger partial charge in [-0.1, -0.05) is 6.58 Å². The van der Waals surface area contributed by atoms with Crippen LogP contribution in [0, 0.1) is 0 Å². The molecule has 0 saturated carbocycles. The number of rotatable bonds is 5. The Labute approximate surface area is 134 Å². The predicted molar refractivity (Wildman–Crippen MR) is 89.8 cm³/mol. The van der Waals surface area contributed by atoms with Gasteiger partial charge in [-0.25, -0.2) is 9.97 Å². The summed E-state index contributed by atoms with van der Waals surface area (Å²) >= 11 is 0. The quantitative estimate of drug-likeness (QED) is 0.720. The second kappa shape index (κ2) is 6.79. The third kappa shape index (κ3) is 3.08. The maximum atomic E-state index is 5.78. The molecule has 0 atom stereocenters. The summed E-state index contributed by atoms with van der Waals surface area (Å²) in [5, 5.41) is 0. The van der Waals surface area contributed by atoms with Gasteiger partial charge in [-0.2, -0.15) is 0 Å². The average molecular weight is 304 g/mol. The summed E-state index contributed by atoms with van der Waals surface area (Å²) in [6, 6.07) is 7.54. The first kappa shape index (κ1) is 14.8. The molecule has 0 fully saturated rings. The summed E-state index contributed by atoms with van der Waals surface area (Å²) in [5.41, 5.74) is 3.21. The second-order valence-corrected chi connectivity index (χ2v) is 4.72. The standard InChI is InChI=1S/C18H16N4O/c1-3-15-17(23-4-2)16(13-5-9-19-10-6-13)22-18(21-15)14-7-11-20-12-8-14/h3,5-12H,1,4H2,2H3. The van der Waals surface area contributed by atoms with Crippen molar-refractivity contribution >= 4 is 6.08 Å². The van der Waals surface area contributed by atoms with Gasteiger partial charge in [0.15, 0.2) is 11.6 Å². The molecule has 0 unspecified atom stereocenters. The maximum absolute atomic E-state index is 5.78. The number of ether oxygens (including phenoxy) is 1. The Bertz CT molecular complexity index is 804.